The number of nitrogens with one attached hydrogen (secondary N) is 1. The van der Waals surface area contributed by atoms with Gasteiger partial charge in [-0.2, -0.15) is 4.98 Å². The average molecular weight is 435 g/mol. The van der Waals surface area contributed by atoms with Crippen molar-refractivity contribution >= 4 is 22.1 Å². The summed E-state index contributed by atoms with van der Waals surface area (Å²) < 4.78 is 28.5. The minimum absolute atomic E-state index is 0.0117. The molecule has 2 N–H and O–H groups in total. The van der Waals surface area contributed by atoms with Crippen LogP contribution in [0.4, 0.5) is 0 Å². The van der Waals surface area contributed by atoms with E-state index in [4.69, 9.17) is 4.52 Å². The highest BCUT2D eigenvalue weighted by molar-refractivity contribution is 7.79. The zero-order valence-corrected chi connectivity index (χ0v) is 18.7. The monoisotopic (exact) mass is 434 g/mol. The highest BCUT2D eigenvalue weighted by Crippen LogP contribution is 2.24. The van der Waals surface area contributed by atoms with Crippen LogP contribution in [0.25, 0.3) is 11.0 Å². The molecular formula is C20H30N6O3S. The molecule has 0 amide bonds. The predicted molar refractivity (Wildman–Crippen MR) is 115 cm³/mol. The lowest BCUT2D eigenvalue weighted by Gasteiger charge is -2.22. The van der Waals surface area contributed by atoms with Gasteiger partial charge >= 0.3 is 0 Å². The van der Waals surface area contributed by atoms with Crippen molar-refractivity contribution in [2.75, 3.05) is 6.54 Å². The molecule has 0 radical (unpaired) electrons. The molecule has 0 spiro atoms. The fourth-order valence-corrected chi connectivity index (χ4v) is 3.99. The highest BCUT2D eigenvalue weighted by Gasteiger charge is 2.26. The van der Waals surface area contributed by atoms with E-state index in [9.17, 15) is 8.76 Å². The Hall–Kier alpha value is -2.17. The van der Waals surface area contributed by atoms with Gasteiger partial charge in [-0.25, -0.2) is 9.19 Å². The van der Waals surface area contributed by atoms with Crippen molar-refractivity contribution in [2.24, 2.45) is 5.92 Å². The second-order valence-corrected chi connectivity index (χ2v) is 8.93. The van der Waals surface area contributed by atoms with Gasteiger partial charge in [0.15, 0.2) is 16.9 Å². The number of nitrogens with zero attached hydrogens (tertiary/aromatic N) is 5. The van der Waals surface area contributed by atoms with E-state index < -0.39 is 11.1 Å². The van der Waals surface area contributed by atoms with Crippen molar-refractivity contribution < 1.29 is 13.3 Å². The Balaban J connectivity index is 1.64. The molecule has 0 saturated heterocycles. The number of pyridine rings is 1. The number of aromatic nitrogens is 5. The molecule has 0 fully saturated rings. The van der Waals surface area contributed by atoms with Crippen LogP contribution in [0.5, 0.6) is 0 Å². The van der Waals surface area contributed by atoms with Crippen LogP contribution in [0.3, 0.4) is 0 Å². The van der Waals surface area contributed by atoms with Crippen LogP contribution in [-0.2, 0) is 24.0 Å². The van der Waals surface area contributed by atoms with E-state index in [1.165, 1.54) is 0 Å². The quantitative estimate of drug-likeness (QED) is 0.349. The Morgan fingerprint density at radius 3 is 2.83 bits per heavy atom. The molecule has 0 aliphatic heterocycles. The van der Waals surface area contributed by atoms with Crippen LogP contribution in [0.2, 0.25) is 0 Å². The third kappa shape index (κ3) is 5.30. The average Bonchev–Trinajstić information content (AvgIpc) is 3.33. The molecule has 3 aromatic rings. The number of fused-ring (bicyclic) bond motifs is 1. The first-order valence-corrected chi connectivity index (χ1v) is 11.5. The number of hydrogen-bond donors (Lipinski definition) is 2. The third-order valence-electron chi connectivity index (χ3n) is 5.52. The Kier molecular flexibility index (Phi) is 7.68. The summed E-state index contributed by atoms with van der Waals surface area (Å²) in [6, 6.07) is 1.82. The van der Waals surface area contributed by atoms with E-state index in [-0.39, 0.29) is 17.2 Å². The molecule has 30 heavy (non-hydrogen) atoms. The number of aryl methyl sites for hydroxylation is 3. The van der Waals surface area contributed by atoms with Gasteiger partial charge in [0, 0.05) is 19.2 Å². The van der Waals surface area contributed by atoms with Crippen LogP contribution < -0.4 is 5.32 Å². The molecule has 0 saturated carbocycles. The summed E-state index contributed by atoms with van der Waals surface area (Å²) in [7, 11) is 0. The highest BCUT2D eigenvalue weighted by atomic mass is 32.2. The van der Waals surface area contributed by atoms with Crippen molar-refractivity contribution in [3.8, 4) is 0 Å². The Morgan fingerprint density at radius 2 is 2.13 bits per heavy atom. The molecule has 164 valence electrons. The molecule has 3 aromatic heterocycles. The molecule has 0 bridgehead atoms. The first-order chi connectivity index (χ1) is 14.4. The van der Waals surface area contributed by atoms with Gasteiger partial charge < -0.3 is 19.0 Å². The van der Waals surface area contributed by atoms with E-state index in [0.29, 0.717) is 24.6 Å². The summed E-state index contributed by atoms with van der Waals surface area (Å²) in [4.78, 5) is 13.2. The Labute approximate surface area is 179 Å². The number of hydrogen-bond acceptors (Lipinski definition) is 7. The fourth-order valence-electron chi connectivity index (χ4n) is 3.48. The van der Waals surface area contributed by atoms with Gasteiger partial charge in [-0.15, -0.1) is 0 Å². The first-order valence-electron chi connectivity index (χ1n) is 10.3. The molecule has 4 atom stereocenters. The van der Waals surface area contributed by atoms with Crippen LogP contribution in [0.15, 0.2) is 23.0 Å². The molecule has 0 aliphatic carbocycles. The number of rotatable bonds is 11. The third-order valence-corrected chi connectivity index (χ3v) is 6.62. The molecule has 10 heteroatoms. The fraction of sp³-hybridized carbons (Fsp3) is 0.600. The van der Waals surface area contributed by atoms with Crippen molar-refractivity contribution in [2.45, 2.75) is 64.8 Å². The van der Waals surface area contributed by atoms with Crippen LogP contribution in [0.1, 0.15) is 57.2 Å². The van der Waals surface area contributed by atoms with Crippen LogP contribution >= 0.6 is 0 Å². The van der Waals surface area contributed by atoms with E-state index in [1.54, 1.807) is 19.3 Å². The topological polar surface area (TPSA) is 119 Å². The maximum atomic E-state index is 11.5. The number of imidazole rings is 1. The SMILES string of the molecule is CCc1noc(C(CC(C)C(C)S(=O)O)NCCCn2c(C)nc3cnccc32)n1. The lowest BCUT2D eigenvalue weighted by atomic mass is 9.98. The normalized spacial score (nSPS) is 15.9. The summed E-state index contributed by atoms with van der Waals surface area (Å²) in [6.07, 6.45) is 5.78. The zero-order valence-electron chi connectivity index (χ0n) is 17.9. The lowest BCUT2D eigenvalue weighted by Crippen LogP contribution is -2.29. The van der Waals surface area contributed by atoms with E-state index in [1.807, 2.05) is 26.8 Å². The predicted octanol–water partition coefficient (Wildman–Crippen LogP) is 3.04. The van der Waals surface area contributed by atoms with Gasteiger partial charge in [-0.05, 0) is 45.2 Å². The minimum Gasteiger partial charge on any atom is -0.338 e. The van der Waals surface area contributed by atoms with Crippen molar-refractivity contribution in [1.29, 1.82) is 0 Å². The zero-order chi connectivity index (χ0) is 21.7. The maximum absolute atomic E-state index is 11.5. The molecule has 0 aromatic carbocycles. The summed E-state index contributed by atoms with van der Waals surface area (Å²) in [5.41, 5.74) is 1.98. The van der Waals surface area contributed by atoms with Crippen molar-refractivity contribution in [3.05, 3.63) is 36.0 Å². The summed E-state index contributed by atoms with van der Waals surface area (Å²) in [6.45, 7) is 9.29. The Bertz CT molecular complexity index is 988. The second-order valence-electron chi connectivity index (χ2n) is 7.63. The van der Waals surface area contributed by atoms with Crippen molar-refractivity contribution in [1.82, 2.24) is 30.0 Å². The van der Waals surface area contributed by atoms with Gasteiger partial charge in [0.25, 0.3) is 0 Å². The first kappa shape index (κ1) is 22.5. The molecule has 3 rings (SSSR count). The standard InChI is InChI=1S/C20H30N6O3S/c1-5-19-24-20(29-25-19)16(11-13(2)14(3)30(27)28)22-8-6-10-26-15(4)23-17-12-21-9-7-18(17)26/h7,9,12-14,16,22H,5-6,8,10-11H2,1-4H3,(H,27,28). The molecule has 3 heterocycles. The van der Waals surface area contributed by atoms with Gasteiger partial charge in [-0.3, -0.25) is 4.98 Å². The van der Waals surface area contributed by atoms with Gasteiger partial charge in [0.1, 0.15) is 11.3 Å². The van der Waals surface area contributed by atoms with Gasteiger partial charge in [0.05, 0.1) is 23.0 Å². The smallest absolute Gasteiger partial charge is 0.243 e. The lowest BCUT2D eigenvalue weighted by molar-refractivity contribution is 0.294. The molecule has 4 unspecified atom stereocenters. The second kappa shape index (κ2) is 10.2. The Morgan fingerprint density at radius 1 is 1.33 bits per heavy atom. The molecule has 0 aliphatic rings. The van der Waals surface area contributed by atoms with Crippen molar-refractivity contribution in [3.63, 3.8) is 0 Å². The van der Waals surface area contributed by atoms with Gasteiger partial charge in [-0.1, -0.05) is 19.0 Å². The van der Waals surface area contributed by atoms with Crippen LogP contribution in [0, 0.1) is 12.8 Å². The maximum Gasteiger partial charge on any atom is 0.243 e. The summed E-state index contributed by atoms with van der Waals surface area (Å²) >= 11 is -1.86. The van der Waals surface area contributed by atoms with E-state index in [0.717, 1.165) is 36.4 Å². The van der Waals surface area contributed by atoms with E-state index in [2.05, 4.69) is 30.0 Å². The molecular weight excluding hydrogens is 404 g/mol. The van der Waals surface area contributed by atoms with Gasteiger partial charge in [0.2, 0.25) is 5.89 Å². The minimum atomic E-state index is -1.86. The molecule has 9 nitrogen and oxygen atoms in total. The van der Waals surface area contributed by atoms with Crippen LogP contribution in [-0.4, -0.2) is 45.2 Å². The largest absolute Gasteiger partial charge is 0.338 e. The summed E-state index contributed by atoms with van der Waals surface area (Å²) in [5.74, 6) is 2.17. The van der Waals surface area contributed by atoms with E-state index >= 15 is 0 Å². The summed E-state index contributed by atoms with van der Waals surface area (Å²) in [5, 5.41) is 7.17.